The number of aryl methyl sites for hydroxylation is 3. The highest BCUT2D eigenvalue weighted by Crippen LogP contribution is 2.23. The van der Waals surface area contributed by atoms with Crippen molar-refractivity contribution in [1.82, 2.24) is 4.98 Å². The summed E-state index contributed by atoms with van der Waals surface area (Å²) in [4.78, 5) is 15.6. The molecule has 0 atom stereocenters. The van der Waals surface area contributed by atoms with Crippen molar-refractivity contribution < 1.29 is 9.53 Å². The third-order valence-electron chi connectivity index (χ3n) is 2.84. The molecule has 106 valence electrons. The van der Waals surface area contributed by atoms with Crippen LogP contribution in [0.5, 0.6) is 0 Å². The Kier molecular flexibility index (Phi) is 4.74. The Balaban J connectivity index is 2.00. The highest BCUT2D eigenvalue weighted by Gasteiger charge is 2.06. The Morgan fingerprint density at radius 2 is 2.00 bits per heavy atom. The molecule has 2 rings (SSSR count). The van der Waals surface area contributed by atoms with Gasteiger partial charge < -0.3 is 10.1 Å². The minimum absolute atomic E-state index is 0.207. The van der Waals surface area contributed by atoms with Gasteiger partial charge >= 0.3 is 5.97 Å². The first-order valence-corrected chi connectivity index (χ1v) is 7.31. The molecule has 0 aliphatic rings. The minimum Gasteiger partial charge on any atom is -0.469 e. The molecule has 0 unspecified atom stereocenters. The average Bonchev–Trinajstić information content (AvgIpc) is 2.82. The molecule has 2 aromatic rings. The highest BCUT2D eigenvalue weighted by atomic mass is 32.1. The maximum absolute atomic E-state index is 11.1. The van der Waals surface area contributed by atoms with E-state index in [9.17, 15) is 4.79 Å². The van der Waals surface area contributed by atoms with Gasteiger partial charge in [0.05, 0.1) is 19.2 Å². The van der Waals surface area contributed by atoms with Crippen molar-refractivity contribution in [2.75, 3.05) is 12.4 Å². The van der Waals surface area contributed by atoms with Crippen LogP contribution < -0.4 is 5.32 Å². The number of esters is 1. The Bertz CT molecular complexity index is 587. The number of thiazole rings is 1. The topological polar surface area (TPSA) is 51.2 Å². The highest BCUT2D eigenvalue weighted by molar-refractivity contribution is 7.13. The van der Waals surface area contributed by atoms with Gasteiger partial charge in [-0.25, -0.2) is 4.98 Å². The summed E-state index contributed by atoms with van der Waals surface area (Å²) in [7, 11) is 1.40. The predicted octanol–water partition coefficient (Wildman–Crippen LogP) is 3.61. The molecule has 20 heavy (non-hydrogen) atoms. The zero-order chi connectivity index (χ0) is 14.5. The summed E-state index contributed by atoms with van der Waals surface area (Å²) in [6, 6.07) is 6.31. The van der Waals surface area contributed by atoms with E-state index >= 15 is 0 Å². The van der Waals surface area contributed by atoms with Gasteiger partial charge in [0.1, 0.15) is 0 Å². The van der Waals surface area contributed by atoms with E-state index in [0.717, 1.165) is 16.5 Å². The number of methoxy groups -OCH3 is 1. The van der Waals surface area contributed by atoms with Crippen LogP contribution in [0.1, 0.15) is 23.2 Å². The number of benzene rings is 1. The van der Waals surface area contributed by atoms with Crippen molar-refractivity contribution >= 4 is 28.1 Å². The quantitative estimate of drug-likeness (QED) is 0.855. The van der Waals surface area contributed by atoms with Crippen LogP contribution in [0.25, 0.3) is 0 Å². The number of nitrogens with one attached hydrogen (secondary N) is 1. The first-order valence-electron chi connectivity index (χ1n) is 6.43. The van der Waals surface area contributed by atoms with E-state index in [1.165, 1.54) is 18.2 Å². The van der Waals surface area contributed by atoms with Crippen LogP contribution in [0, 0.1) is 13.8 Å². The molecule has 0 aliphatic heterocycles. The summed E-state index contributed by atoms with van der Waals surface area (Å²) in [5.41, 5.74) is 4.38. The first-order chi connectivity index (χ1) is 9.56. The van der Waals surface area contributed by atoms with E-state index in [1.54, 1.807) is 11.3 Å². The number of aromatic nitrogens is 1. The number of carbonyl (C=O) groups excluding carboxylic acids is 1. The lowest BCUT2D eigenvalue weighted by Gasteiger charge is -2.05. The Hall–Kier alpha value is -1.88. The van der Waals surface area contributed by atoms with Gasteiger partial charge in [-0.1, -0.05) is 6.07 Å². The molecule has 1 aromatic heterocycles. The average molecular weight is 290 g/mol. The lowest BCUT2D eigenvalue weighted by molar-refractivity contribution is -0.140. The maximum Gasteiger partial charge on any atom is 0.305 e. The maximum atomic E-state index is 11.1. The van der Waals surface area contributed by atoms with Crippen molar-refractivity contribution in [3.05, 3.63) is 40.4 Å². The van der Waals surface area contributed by atoms with E-state index in [4.69, 9.17) is 0 Å². The number of hydrogen-bond donors (Lipinski definition) is 1. The van der Waals surface area contributed by atoms with Crippen LogP contribution in [0.2, 0.25) is 0 Å². The normalized spacial score (nSPS) is 10.3. The Morgan fingerprint density at radius 3 is 2.65 bits per heavy atom. The molecule has 1 N–H and O–H groups in total. The molecule has 5 heteroatoms. The monoisotopic (exact) mass is 290 g/mol. The van der Waals surface area contributed by atoms with Crippen molar-refractivity contribution in [2.45, 2.75) is 26.7 Å². The van der Waals surface area contributed by atoms with Crippen LogP contribution in [-0.2, 0) is 16.0 Å². The second-order valence-electron chi connectivity index (χ2n) is 4.72. The summed E-state index contributed by atoms with van der Waals surface area (Å²) >= 11 is 1.54. The standard InChI is InChI=1S/C15H18N2O2S/c1-10-6-11(2)8-13(7-10)17-15-16-12(9-20-15)4-5-14(18)19-3/h6-9H,4-5H2,1-3H3,(H,16,17). The molecule has 0 aliphatic carbocycles. The van der Waals surface area contributed by atoms with Gasteiger partial charge in [0.2, 0.25) is 0 Å². The van der Waals surface area contributed by atoms with Gasteiger partial charge in [-0.15, -0.1) is 11.3 Å². The van der Waals surface area contributed by atoms with Gasteiger partial charge in [0.15, 0.2) is 5.13 Å². The van der Waals surface area contributed by atoms with Crippen LogP contribution >= 0.6 is 11.3 Å². The van der Waals surface area contributed by atoms with Gasteiger partial charge in [-0.05, 0) is 37.1 Å². The molecule has 4 nitrogen and oxygen atoms in total. The SMILES string of the molecule is COC(=O)CCc1csc(Nc2cc(C)cc(C)c2)n1. The van der Waals surface area contributed by atoms with Crippen molar-refractivity contribution in [1.29, 1.82) is 0 Å². The number of carbonyl (C=O) groups is 1. The molecule has 1 heterocycles. The molecule has 0 saturated heterocycles. The molecule has 0 radical (unpaired) electrons. The molecule has 1 aromatic carbocycles. The fourth-order valence-electron chi connectivity index (χ4n) is 1.98. The predicted molar refractivity (Wildman–Crippen MR) is 81.6 cm³/mol. The summed E-state index contributed by atoms with van der Waals surface area (Å²) in [5.74, 6) is -0.207. The second kappa shape index (κ2) is 6.52. The van der Waals surface area contributed by atoms with Crippen LogP contribution in [0.3, 0.4) is 0 Å². The number of ether oxygens (including phenoxy) is 1. The number of anilines is 2. The Morgan fingerprint density at radius 1 is 1.30 bits per heavy atom. The van der Waals surface area contributed by atoms with Crippen LogP contribution in [-0.4, -0.2) is 18.1 Å². The molecule has 0 fully saturated rings. The second-order valence-corrected chi connectivity index (χ2v) is 5.58. The molecule has 0 saturated carbocycles. The van der Waals surface area contributed by atoms with Crippen molar-refractivity contribution in [3.63, 3.8) is 0 Å². The summed E-state index contributed by atoms with van der Waals surface area (Å²) in [5, 5.41) is 6.11. The number of hydrogen-bond acceptors (Lipinski definition) is 5. The number of nitrogens with zero attached hydrogens (tertiary/aromatic N) is 1. The zero-order valence-electron chi connectivity index (χ0n) is 11.9. The van der Waals surface area contributed by atoms with Crippen molar-refractivity contribution in [3.8, 4) is 0 Å². The molecule has 0 amide bonds. The lowest BCUT2D eigenvalue weighted by Crippen LogP contribution is -2.02. The van der Waals surface area contributed by atoms with Crippen molar-refractivity contribution in [2.24, 2.45) is 0 Å². The van der Waals surface area contributed by atoms with E-state index in [2.05, 4.69) is 47.1 Å². The minimum atomic E-state index is -0.207. The number of rotatable bonds is 5. The molecule has 0 bridgehead atoms. The molecule has 0 spiro atoms. The van der Waals surface area contributed by atoms with Gasteiger partial charge in [0, 0.05) is 17.5 Å². The summed E-state index contributed by atoms with van der Waals surface area (Å²) in [6.07, 6.45) is 0.973. The van der Waals surface area contributed by atoms with Gasteiger partial charge in [-0.2, -0.15) is 0 Å². The summed E-state index contributed by atoms with van der Waals surface area (Å²) in [6.45, 7) is 4.14. The fourth-order valence-corrected chi connectivity index (χ4v) is 2.75. The van der Waals surface area contributed by atoms with Gasteiger partial charge in [0.25, 0.3) is 0 Å². The Labute approximate surface area is 122 Å². The largest absolute Gasteiger partial charge is 0.469 e. The third-order valence-corrected chi connectivity index (χ3v) is 3.64. The van der Waals surface area contributed by atoms with E-state index in [0.29, 0.717) is 12.8 Å². The fraction of sp³-hybridized carbons (Fsp3) is 0.333. The smallest absolute Gasteiger partial charge is 0.305 e. The summed E-state index contributed by atoms with van der Waals surface area (Å²) < 4.78 is 4.62. The van der Waals surface area contributed by atoms with E-state index in [1.807, 2.05) is 5.38 Å². The van der Waals surface area contributed by atoms with Crippen LogP contribution in [0.15, 0.2) is 23.6 Å². The third kappa shape index (κ3) is 4.06. The van der Waals surface area contributed by atoms with E-state index in [-0.39, 0.29) is 5.97 Å². The zero-order valence-corrected chi connectivity index (χ0v) is 12.7. The molecular weight excluding hydrogens is 272 g/mol. The first kappa shape index (κ1) is 14.5. The van der Waals surface area contributed by atoms with Gasteiger partial charge in [-0.3, -0.25) is 4.79 Å². The lowest BCUT2D eigenvalue weighted by atomic mass is 10.1. The van der Waals surface area contributed by atoms with Crippen LogP contribution in [0.4, 0.5) is 10.8 Å². The molecular formula is C15H18N2O2S. The van der Waals surface area contributed by atoms with E-state index < -0.39 is 0 Å².